The lowest BCUT2D eigenvalue weighted by Crippen LogP contribution is -2.43. The van der Waals surface area contributed by atoms with Crippen molar-refractivity contribution in [2.24, 2.45) is 11.8 Å². The fraction of sp³-hybridized carbons (Fsp3) is 0.500. The number of ether oxygens (including phenoxy) is 1. The van der Waals surface area contributed by atoms with Crippen molar-refractivity contribution in [2.45, 2.75) is 45.6 Å². The first-order valence-corrected chi connectivity index (χ1v) is 12.0. The molecule has 2 fully saturated rings. The van der Waals surface area contributed by atoms with Crippen molar-refractivity contribution in [1.29, 1.82) is 0 Å². The third-order valence-electron chi connectivity index (χ3n) is 6.78. The van der Waals surface area contributed by atoms with Gasteiger partial charge in [-0.1, -0.05) is 13.8 Å². The van der Waals surface area contributed by atoms with E-state index in [9.17, 15) is 9.59 Å². The number of rotatable bonds is 7. The first kappa shape index (κ1) is 23.1. The Hall–Kier alpha value is -3.09. The number of benzene rings is 1. The number of nitrogens with one attached hydrogen (secondary N) is 1. The second-order valence-electron chi connectivity index (χ2n) is 9.11. The quantitative estimate of drug-likeness (QED) is 0.691. The molecule has 1 N–H and O–H groups in total. The Kier molecular flexibility index (Phi) is 7.47. The van der Waals surface area contributed by atoms with E-state index in [1.54, 1.807) is 6.20 Å². The molecule has 1 aromatic heterocycles. The second kappa shape index (κ2) is 10.7. The van der Waals surface area contributed by atoms with E-state index in [4.69, 9.17) is 4.74 Å². The fourth-order valence-corrected chi connectivity index (χ4v) is 4.48. The molecule has 2 aromatic rings. The number of piperidine rings is 1. The van der Waals surface area contributed by atoms with Crippen molar-refractivity contribution in [3.8, 4) is 5.75 Å². The van der Waals surface area contributed by atoms with Gasteiger partial charge in [0.05, 0.1) is 17.8 Å². The first-order chi connectivity index (χ1) is 16.0. The molecule has 176 valence electrons. The molecule has 2 amide bonds. The maximum Gasteiger partial charge on any atom is 0.229 e. The first-order valence-electron chi connectivity index (χ1n) is 12.0. The molecular formula is C26H34N4O3. The molecule has 1 aromatic carbocycles. The summed E-state index contributed by atoms with van der Waals surface area (Å²) in [5, 5.41) is 3.04. The molecule has 0 aliphatic carbocycles. The van der Waals surface area contributed by atoms with E-state index in [-0.39, 0.29) is 29.8 Å². The molecular weight excluding hydrogens is 416 g/mol. The van der Waals surface area contributed by atoms with Crippen LogP contribution in [-0.4, -0.2) is 54.0 Å². The van der Waals surface area contributed by atoms with Gasteiger partial charge in [0, 0.05) is 56.8 Å². The lowest BCUT2D eigenvalue weighted by molar-refractivity contribution is -0.136. The summed E-state index contributed by atoms with van der Waals surface area (Å²) in [5.41, 5.74) is 1.84. The van der Waals surface area contributed by atoms with Crippen LogP contribution in [0.25, 0.3) is 0 Å². The Balaban J connectivity index is 1.23. The molecule has 0 saturated carbocycles. The zero-order valence-electron chi connectivity index (χ0n) is 19.6. The van der Waals surface area contributed by atoms with Crippen molar-refractivity contribution in [1.82, 2.24) is 9.88 Å². The fourth-order valence-electron chi connectivity index (χ4n) is 4.48. The van der Waals surface area contributed by atoms with Crippen LogP contribution < -0.4 is 15.0 Å². The number of amides is 2. The van der Waals surface area contributed by atoms with Gasteiger partial charge in [0.1, 0.15) is 11.9 Å². The molecule has 2 aliphatic heterocycles. The predicted octanol–water partition coefficient (Wildman–Crippen LogP) is 3.96. The van der Waals surface area contributed by atoms with Crippen molar-refractivity contribution >= 4 is 23.2 Å². The molecule has 4 rings (SSSR count). The summed E-state index contributed by atoms with van der Waals surface area (Å²) in [7, 11) is 0. The minimum Gasteiger partial charge on any atom is -0.490 e. The van der Waals surface area contributed by atoms with Gasteiger partial charge in [0.2, 0.25) is 11.8 Å². The minimum absolute atomic E-state index is 0.0375. The molecule has 0 bridgehead atoms. The Morgan fingerprint density at radius 2 is 1.88 bits per heavy atom. The van der Waals surface area contributed by atoms with E-state index in [2.05, 4.69) is 22.1 Å². The molecule has 7 heteroatoms. The van der Waals surface area contributed by atoms with Gasteiger partial charge in [0.25, 0.3) is 0 Å². The van der Waals surface area contributed by atoms with Gasteiger partial charge in [-0.05, 0) is 49.2 Å². The van der Waals surface area contributed by atoms with Crippen LogP contribution in [-0.2, 0) is 9.59 Å². The highest BCUT2D eigenvalue weighted by molar-refractivity contribution is 5.93. The number of aromatic nitrogens is 1. The second-order valence-corrected chi connectivity index (χ2v) is 9.11. The summed E-state index contributed by atoms with van der Waals surface area (Å²) in [6.45, 7) is 7.11. The molecule has 7 nitrogen and oxygen atoms in total. The summed E-state index contributed by atoms with van der Waals surface area (Å²) in [6.07, 6.45) is 7.11. The number of carbonyl (C=O) groups excluding carboxylic acids is 2. The summed E-state index contributed by atoms with van der Waals surface area (Å²) in [5.74, 6) is 1.15. The lowest BCUT2D eigenvalue weighted by Gasteiger charge is -2.33. The van der Waals surface area contributed by atoms with Gasteiger partial charge in [-0.15, -0.1) is 0 Å². The van der Waals surface area contributed by atoms with Crippen molar-refractivity contribution in [3.05, 3.63) is 48.8 Å². The Bertz CT molecular complexity index is 926. The van der Waals surface area contributed by atoms with Crippen LogP contribution >= 0.6 is 0 Å². The van der Waals surface area contributed by atoms with Crippen LogP contribution in [0.5, 0.6) is 5.75 Å². The van der Waals surface area contributed by atoms with Crippen LogP contribution in [0, 0.1) is 11.8 Å². The van der Waals surface area contributed by atoms with Gasteiger partial charge in [0.15, 0.2) is 0 Å². The molecule has 0 unspecified atom stereocenters. The van der Waals surface area contributed by atoms with E-state index in [1.165, 1.54) is 0 Å². The smallest absolute Gasteiger partial charge is 0.229 e. The van der Waals surface area contributed by atoms with Crippen LogP contribution in [0.1, 0.15) is 39.5 Å². The van der Waals surface area contributed by atoms with Crippen LogP contribution in [0.15, 0.2) is 48.8 Å². The molecule has 33 heavy (non-hydrogen) atoms. The number of anilines is 2. The minimum atomic E-state index is -0.0375. The lowest BCUT2D eigenvalue weighted by atomic mass is 10.0. The summed E-state index contributed by atoms with van der Waals surface area (Å²) in [6, 6.07) is 11.5. The maximum absolute atomic E-state index is 12.7. The average Bonchev–Trinajstić information content (AvgIpc) is 3.36. The van der Waals surface area contributed by atoms with Gasteiger partial charge in [-0.2, -0.15) is 0 Å². The Morgan fingerprint density at radius 1 is 1.12 bits per heavy atom. The predicted molar refractivity (Wildman–Crippen MR) is 129 cm³/mol. The highest BCUT2D eigenvalue weighted by atomic mass is 16.5. The molecule has 2 aliphatic rings. The molecule has 3 heterocycles. The van der Waals surface area contributed by atoms with Gasteiger partial charge < -0.3 is 19.9 Å². The largest absolute Gasteiger partial charge is 0.490 e. The maximum atomic E-state index is 12.7. The topological polar surface area (TPSA) is 74.8 Å². The van der Waals surface area contributed by atoms with Crippen LogP contribution in [0.2, 0.25) is 0 Å². The van der Waals surface area contributed by atoms with Gasteiger partial charge >= 0.3 is 0 Å². The van der Waals surface area contributed by atoms with Crippen LogP contribution in [0.4, 0.5) is 11.4 Å². The Labute approximate surface area is 196 Å². The Morgan fingerprint density at radius 3 is 2.55 bits per heavy atom. The zero-order chi connectivity index (χ0) is 23.2. The molecule has 0 radical (unpaired) electrons. The van der Waals surface area contributed by atoms with Crippen LogP contribution in [0.3, 0.4) is 0 Å². The van der Waals surface area contributed by atoms with E-state index < -0.39 is 0 Å². The highest BCUT2D eigenvalue weighted by Gasteiger charge is 2.29. The standard InChI is InChI=1S/C26H34N4O3/c1-3-19(2)26(32)29-15-11-24(12-16-29)33-23-8-6-21(7-9-23)28-25(31)20-10-14-30(18-20)22-5-4-13-27-17-22/h4-9,13,17,19-20,24H,3,10-12,14-16,18H2,1-2H3,(H,28,31)/t19-,20-/m0/s1. The molecule has 0 spiro atoms. The number of nitrogens with zero attached hydrogens (tertiary/aromatic N) is 3. The summed E-state index contributed by atoms with van der Waals surface area (Å²) >= 11 is 0. The van der Waals surface area contributed by atoms with Crippen molar-refractivity contribution in [2.75, 3.05) is 36.4 Å². The number of hydrogen-bond acceptors (Lipinski definition) is 5. The number of hydrogen-bond donors (Lipinski definition) is 1. The number of carbonyl (C=O) groups is 2. The van der Waals surface area contributed by atoms with Crippen molar-refractivity contribution in [3.63, 3.8) is 0 Å². The molecule has 2 atom stereocenters. The summed E-state index contributed by atoms with van der Waals surface area (Å²) in [4.78, 5) is 33.4. The van der Waals surface area contributed by atoms with Gasteiger partial charge in [-0.3, -0.25) is 14.6 Å². The van der Waals surface area contributed by atoms with E-state index in [0.717, 1.165) is 62.4 Å². The zero-order valence-corrected chi connectivity index (χ0v) is 19.6. The third-order valence-corrected chi connectivity index (χ3v) is 6.78. The SMILES string of the molecule is CC[C@H](C)C(=O)N1CCC(Oc2ccc(NC(=O)[C@H]3CCN(c4cccnc4)C3)cc2)CC1. The number of likely N-dealkylation sites (tertiary alicyclic amines) is 1. The molecule has 2 saturated heterocycles. The summed E-state index contributed by atoms with van der Waals surface area (Å²) < 4.78 is 6.13. The van der Waals surface area contributed by atoms with E-state index >= 15 is 0 Å². The van der Waals surface area contributed by atoms with E-state index in [0.29, 0.717) is 6.54 Å². The average molecular weight is 451 g/mol. The third kappa shape index (κ3) is 5.83. The van der Waals surface area contributed by atoms with Gasteiger partial charge in [-0.25, -0.2) is 0 Å². The number of pyridine rings is 1. The van der Waals surface area contributed by atoms with E-state index in [1.807, 2.05) is 54.4 Å². The highest BCUT2D eigenvalue weighted by Crippen LogP contribution is 2.25. The normalized spacial score (nSPS) is 19.9. The monoisotopic (exact) mass is 450 g/mol. The van der Waals surface area contributed by atoms with Crippen molar-refractivity contribution < 1.29 is 14.3 Å².